The average molecular weight is 334 g/mol. The lowest BCUT2D eigenvalue weighted by atomic mass is 9.96. The van der Waals surface area contributed by atoms with Crippen LogP contribution in [0.25, 0.3) is 22.2 Å². The number of carbonyl (C=O) groups excluding carboxylic acids is 1. The van der Waals surface area contributed by atoms with E-state index in [1.807, 2.05) is 30.3 Å². The zero-order valence-electron chi connectivity index (χ0n) is 13.8. The van der Waals surface area contributed by atoms with Crippen LogP contribution in [0.5, 0.6) is 0 Å². The van der Waals surface area contributed by atoms with E-state index in [1.54, 1.807) is 6.20 Å². The first-order valence-corrected chi connectivity index (χ1v) is 8.43. The van der Waals surface area contributed by atoms with E-state index in [1.165, 1.54) is 0 Å². The first-order chi connectivity index (χ1) is 12.1. The predicted octanol–water partition coefficient (Wildman–Crippen LogP) is 2.06. The number of piperidine rings is 1. The highest BCUT2D eigenvalue weighted by atomic mass is 16.1. The summed E-state index contributed by atoms with van der Waals surface area (Å²) in [5, 5.41) is 0.859. The molecule has 127 valence electrons. The summed E-state index contributed by atoms with van der Waals surface area (Å²) in [6, 6.07) is 13.1. The van der Waals surface area contributed by atoms with Gasteiger partial charge in [0.2, 0.25) is 0 Å². The summed E-state index contributed by atoms with van der Waals surface area (Å²) in [7, 11) is 0. The van der Waals surface area contributed by atoms with Gasteiger partial charge in [-0.3, -0.25) is 4.79 Å². The van der Waals surface area contributed by atoms with Gasteiger partial charge in [-0.2, -0.15) is 0 Å². The fourth-order valence-electron chi connectivity index (χ4n) is 3.58. The Morgan fingerprint density at radius 3 is 2.84 bits per heavy atom. The second-order valence-corrected chi connectivity index (χ2v) is 6.42. The molecular formula is C19H20N5O. The van der Waals surface area contributed by atoms with Crippen LogP contribution in [0.1, 0.15) is 23.3 Å². The SMILES string of the molecule is NC(=O)c1nc2[nH]c[c]c2c(N2CCC[C@@H](N)C2)c1-c1ccccc1. The molecule has 3 aromatic rings. The van der Waals surface area contributed by atoms with Crippen LogP contribution in [0.2, 0.25) is 0 Å². The first kappa shape index (κ1) is 15.7. The van der Waals surface area contributed by atoms with E-state index in [9.17, 15) is 4.79 Å². The van der Waals surface area contributed by atoms with Crippen molar-refractivity contribution in [2.24, 2.45) is 11.5 Å². The third-order valence-electron chi connectivity index (χ3n) is 4.67. The number of carbonyl (C=O) groups is 1. The Labute approximate surface area is 145 Å². The van der Waals surface area contributed by atoms with E-state index < -0.39 is 5.91 Å². The van der Waals surface area contributed by atoms with E-state index in [0.717, 1.165) is 48.1 Å². The van der Waals surface area contributed by atoms with Crippen LogP contribution in [-0.2, 0) is 0 Å². The highest BCUT2D eigenvalue weighted by Gasteiger charge is 2.27. The molecule has 4 rings (SSSR count). The molecule has 6 heteroatoms. The fourth-order valence-corrected chi connectivity index (χ4v) is 3.58. The Hall–Kier alpha value is -2.86. The molecule has 0 unspecified atom stereocenters. The number of rotatable bonds is 3. The summed E-state index contributed by atoms with van der Waals surface area (Å²) in [5.41, 5.74) is 15.3. The molecule has 0 spiro atoms. The maximum Gasteiger partial charge on any atom is 0.268 e. The van der Waals surface area contributed by atoms with Crippen LogP contribution in [0.3, 0.4) is 0 Å². The van der Waals surface area contributed by atoms with E-state index in [0.29, 0.717) is 5.65 Å². The van der Waals surface area contributed by atoms with Gasteiger partial charge in [0.1, 0.15) is 11.3 Å². The van der Waals surface area contributed by atoms with E-state index >= 15 is 0 Å². The number of benzene rings is 1. The Bertz CT molecular complexity index is 918. The first-order valence-electron chi connectivity index (χ1n) is 8.43. The number of hydrogen-bond donors (Lipinski definition) is 3. The summed E-state index contributed by atoms with van der Waals surface area (Å²) >= 11 is 0. The minimum atomic E-state index is -0.544. The topological polar surface area (TPSA) is 101 Å². The van der Waals surface area contributed by atoms with Crippen LogP contribution in [-0.4, -0.2) is 35.0 Å². The van der Waals surface area contributed by atoms with Gasteiger partial charge in [0.15, 0.2) is 0 Å². The Morgan fingerprint density at radius 1 is 1.32 bits per heavy atom. The Balaban J connectivity index is 2.03. The number of fused-ring (bicyclic) bond motifs is 1. The third-order valence-corrected chi connectivity index (χ3v) is 4.67. The zero-order chi connectivity index (χ0) is 17.4. The van der Waals surface area contributed by atoms with Gasteiger partial charge in [0, 0.05) is 37.0 Å². The maximum atomic E-state index is 12.2. The highest BCUT2D eigenvalue weighted by molar-refractivity contribution is 6.08. The van der Waals surface area contributed by atoms with E-state index in [-0.39, 0.29) is 11.7 Å². The number of anilines is 1. The van der Waals surface area contributed by atoms with Crippen molar-refractivity contribution in [1.82, 2.24) is 9.97 Å². The van der Waals surface area contributed by atoms with Crippen molar-refractivity contribution in [3.63, 3.8) is 0 Å². The maximum absolute atomic E-state index is 12.2. The molecule has 0 saturated carbocycles. The van der Waals surface area contributed by atoms with Crippen LogP contribution in [0.15, 0.2) is 36.5 Å². The van der Waals surface area contributed by atoms with Gasteiger partial charge < -0.3 is 21.4 Å². The van der Waals surface area contributed by atoms with Crippen LogP contribution < -0.4 is 16.4 Å². The molecule has 1 amide bonds. The summed E-state index contributed by atoms with van der Waals surface area (Å²) in [6.07, 6.45) is 3.73. The minimum absolute atomic E-state index is 0.108. The molecule has 1 aliphatic heterocycles. The standard InChI is InChI=1S/C19H20N5O/c20-13-7-4-10-24(11-13)17-14-8-9-22-19(14)23-16(18(21)25)15(17)12-5-2-1-3-6-12/h1-3,5-6,9,13H,4,7,10-11,20H2,(H2,21,25)(H,22,23)/t13-/m1/s1. The second-order valence-electron chi connectivity index (χ2n) is 6.42. The molecule has 1 saturated heterocycles. The van der Waals surface area contributed by atoms with Gasteiger partial charge in [-0.25, -0.2) is 4.98 Å². The summed E-state index contributed by atoms with van der Waals surface area (Å²) in [4.78, 5) is 21.9. The number of pyridine rings is 1. The Morgan fingerprint density at radius 2 is 2.12 bits per heavy atom. The number of nitrogens with one attached hydrogen (secondary N) is 1. The molecule has 1 radical (unpaired) electrons. The van der Waals surface area contributed by atoms with Crippen molar-refractivity contribution in [3.8, 4) is 11.1 Å². The van der Waals surface area contributed by atoms with Gasteiger partial charge in [-0.05, 0) is 18.4 Å². The normalized spacial score (nSPS) is 17.8. The number of hydrogen-bond acceptors (Lipinski definition) is 4. The highest BCUT2D eigenvalue weighted by Crippen LogP contribution is 2.39. The average Bonchev–Trinajstić information content (AvgIpc) is 3.09. The van der Waals surface area contributed by atoms with Gasteiger partial charge in [0.05, 0.1) is 11.1 Å². The molecule has 0 aliphatic carbocycles. The number of nitrogens with two attached hydrogens (primary N) is 2. The van der Waals surface area contributed by atoms with Crippen molar-refractivity contribution in [3.05, 3.63) is 48.3 Å². The van der Waals surface area contributed by atoms with Crippen molar-refractivity contribution in [2.75, 3.05) is 18.0 Å². The summed E-state index contributed by atoms with van der Waals surface area (Å²) < 4.78 is 0. The molecule has 1 aromatic carbocycles. The lowest BCUT2D eigenvalue weighted by molar-refractivity contribution is 0.0996. The minimum Gasteiger partial charge on any atom is -0.369 e. The third kappa shape index (κ3) is 2.74. The molecule has 6 nitrogen and oxygen atoms in total. The van der Waals surface area contributed by atoms with Crippen LogP contribution in [0.4, 0.5) is 5.69 Å². The largest absolute Gasteiger partial charge is 0.369 e. The van der Waals surface area contributed by atoms with Crippen LogP contribution >= 0.6 is 0 Å². The number of amides is 1. The smallest absolute Gasteiger partial charge is 0.268 e. The monoisotopic (exact) mass is 334 g/mol. The second kappa shape index (κ2) is 6.22. The molecule has 0 bridgehead atoms. The molecule has 1 atom stereocenters. The van der Waals surface area contributed by atoms with Crippen molar-refractivity contribution in [2.45, 2.75) is 18.9 Å². The van der Waals surface area contributed by atoms with Crippen molar-refractivity contribution < 1.29 is 4.79 Å². The number of aromatic nitrogens is 2. The Kier molecular flexibility index (Phi) is 3.89. The van der Waals surface area contributed by atoms with Crippen molar-refractivity contribution >= 4 is 22.6 Å². The molecule has 3 heterocycles. The summed E-state index contributed by atoms with van der Waals surface area (Å²) in [6.45, 7) is 1.61. The lowest BCUT2D eigenvalue weighted by Crippen LogP contribution is -2.43. The fraction of sp³-hybridized carbons (Fsp3) is 0.263. The predicted molar refractivity (Wildman–Crippen MR) is 98.3 cm³/mol. The molecule has 1 fully saturated rings. The number of nitrogens with zero attached hydrogens (tertiary/aromatic N) is 2. The molecule has 1 aliphatic rings. The van der Waals surface area contributed by atoms with Gasteiger partial charge in [-0.1, -0.05) is 30.3 Å². The number of H-pyrrole nitrogens is 1. The molecule has 5 N–H and O–H groups in total. The quantitative estimate of drug-likeness (QED) is 0.682. The van der Waals surface area contributed by atoms with Crippen molar-refractivity contribution in [1.29, 1.82) is 0 Å². The van der Waals surface area contributed by atoms with Gasteiger partial charge in [0.25, 0.3) is 5.91 Å². The van der Waals surface area contributed by atoms with E-state index in [4.69, 9.17) is 11.5 Å². The van der Waals surface area contributed by atoms with Gasteiger partial charge >= 0.3 is 0 Å². The number of aromatic amines is 1. The molecule has 25 heavy (non-hydrogen) atoms. The molecule has 2 aromatic heterocycles. The lowest BCUT2D eigenvalue weighted by Gasteiger charge is -2.34. The molecular weight excluding hydrogens is 314 g/mol. The van der Waals surface area contributed by atoms with Gasteiger partial charge in [-0.15, -0.1) is 0 Å². The van der Waals surface area contributed by atoms with E-state index in [2.05, 4.69) is 20.9 Å². The number of primary amides is 1. The summed E-state index contributed by atoms with van der Waals surface area (Å²) in [5.74, 6) is -0.544. The van der Waals surface area contributed by atoms with Crippen LogP contribution in [0, 0.1) is 6.07 Å². The zero-order valence-corrected chi connectivity index (χ0v) is 13.8.